The molecule has 1 aliphatic heterocycles. The molecule has 43 heavy (non-hydrogen) atoms. The largest absolute Gasteiger partial charge is 0.493 e. The number of hydrogen-bond donors (Lipinski definition) is 2. The first-order valence-corrected chi connectivity index (χ1v) is 15.9. The standard InChI is InChI=1S/C32H35N3O6S2/c1-3-40-24-7-5-4-6-23(24)33-28(36)18-41-25-9-8-19(13-26(25)39-2)14-27-29(37)35(31(42)43-27)34-30(38)32-15-20-10-21(16-32)12-22(11-20)17-32/h4-9,13-14,20-22H,3,10-12,15-18H2,1-2H3,(H,33,36)(H,34,38)/b27-14+. The van der Waals surface area contributed by atoms with Gasteiger partial charge in [0.1, 0.15) is 5.75 Å². The lowest BCUT2D eigenvalue weighted by atomic mass is 9.49. The molecule has 1 saturated heterocycles. The summed E-state index contributed by atoms with van der Waals surface area (Å²) in [4.78, 5) is 39.8. The second kappa shape index (κ2) is 12.2. The molecule has 3 amide bonds. The van der Waals surface area contributed by atoms with Crippen molar-refractivity contribution in [2.24, 2.45) is 23.2 Å². The van der Waals surface area contributed by atoms with Gasteiger partial charge in [-0.3, -0.25) is 19.8 Å². The zero-order valence-electron chi connectivity index (χ0n) is 24.2. The Labute approximate surface area is 260 Å². The molecule has 4 bridgehead atoms. The minimum atomic E-state index is -0.380. The molecule has 7 rings (SSSR count). The number of thiocarbonyl (C=S) groups is 1. The van der Waals surface area contributed by atoms with E-state index < -0.39 is 0 Å². The highest BCUT2D eigenvalue weighted by Gasteiger charge is 2.55. The molecule has 226 valence electrons. The summed E-state index contributed by atoms with van der Waals surface area (Å²) >= 11 is 6.64. The molecule has 2 aromatic rings. The van der Waals surface area contributed by atoms with Crippen molar-refractivity contribution in [3.63, 3.8) is 0 Å². The van der Waals surface area contributed by atoms with Gasteiger partial charge in [0, 0.05) is 0 Å². The number of carbonyl (C=O) groups is 3. The highest BCUT2D eigenvalue weighted by atomic mass is 32.2. The summed E-state index contributed by atoms with van der Waals surface area (Å²) in [6, 6.07) is 12.4. The number of hydrazine groups is 1. The molecule has 11 heteroatoms. The average molecular weight is 622 g/mol. The SMILES string of the molecule is CCOc1ccccc1NC(=O)COc1ccc(/C=C2/SC(=S)N(NC(=O)C34CC5CC(CC(C5)C3)C4)C2=O)cc1OC. The van der Waals surface area contributed by atoms with E-state index in [4.69, 9.17) is 26.4 Å². The van der Waals surface area contributed by atoms with E-state index in [2.05, 4.69) is 10.7 Å². The maximum Gasteiger partial charge on any atom is 0.285 e. The first-order valence-electron chi connectivity index (χ1n) is 14.7. The van der Waals surface area contributed by atoms with Crippen molar-refractivity contribution in [2.75, 3.05) is 25.6 Å². The van der Waals surface area contributed by atoms with Crippen LogP contribution < -0.4 is 25.0 Å². The van der Waals surface area contributed by atoms with E-state index >= 15 is 0 Å². The number of hydrogen-bond acceptors (Lipinski definition) is 8. The Hall–Kier alpha value is -3.57. The molecule has 0 unspecified atom stereocenters. The fourth-order valence-corrected chi connectivity index (χ4v) is 8.58. The van der Waals surface area contributed by atoms with Gasteiger partial charge in [-0.1, -0.05) is 30.0 Å². The number of amides is 3. The van der Waals surface area contributed by atoms with Gasteiger partial charge in [-0.05, 0) is 111 Å². The average Bonchev–Trinajstić information content (AvgIpc) is 3.24. The van der Waals surface area contributed by atoms with Gasteiger partial charge in [0.05, 0.1) is 29.7 Å². The molecule has 4 aliphatic carbocycles. The van der Waals surface area contributed by atoms with Crippen LogP contribution in [0.15, 0.2) is 47.4 Å². The summed E-state index contributed by atoms with van der Waals surface area (Å²) in [6.07, 6.45) is 8.14. The summed E-state index contributed by atoms with van der Waals surface area (Å²) in [7, 11) is 1.50. The van der Waals surface area contributed by atoms with Gasteiger partial charge in [0.25, 0.3) is 11.8 Å². The highest BCUT2D eigenvalue weighted by Crippen LogP contribution is 2.60. The maximum absolute atomic E-state index is 13.5. The molecule has 0 radical (unpaired) electrons. The molecule has 2 N–H and O–H groups in total. The third-order valence-corrected chi connectivity index (χ3v) is 10.1. The summed E-state index contributed by atoms with van der Waals surface area (Å²) in [5.41, 5.74) is 3.76. The van der Waals surface area contributed by atoms with Crippen LogP contribution in [0.3, 0.4) is 0 Å². The summed E-state index contributed by atoms with van der Waals surface area (Å²) in [5.74, 6) is 2.46. The monoisotopic (exact) mass is 621 g/mol. The summed E-state index contributed by atoms with van der Waals surface area (Å²) in [5, 5.41) is 4.03. The molecule has 2 aromatic carbocycles. The van der Waals surface area contributed by atoms with Crippen molar-refractivity contribution in [1.29, 1.82) is 0 Å². The maximum atomic E-state index is 13.5. The summed E-state index contributed by atoms with van der Waals surface area (Å²) in [6.45, 7) is 2.12. The van der Waals surface area contributed by atoms with Crippen LogP contribution in [-0.4, -0.2) is 47.4 Å². The zero-order valence-corrected chi connectivity index (χ0v) is 25.9. The lowest BCUT2D eigenvalue weighted by molar-refractivity contribution is -0.152. The number of carbonyl (C=O) groups excluding carboxylic acids is 3. The van der Waals surface area contributed by atoms with Crippen LogP contribution in [-0.2, 0) is 14.4 Å². The van der Waals surface area contributed by atoms with Gasteiger partial charge in [-0.25, -0.2) is 0 Å². The smallest absolute Gasteiger partial charge is 0.285 e. The number of rotatable bonds is 10. The Bertz CT molecular complexity index is 1460. The Kier molecular flexibility index (Phi) is 8.37. The Morgan fingerprint density at radius 3 is 2.40 bits per heavy atom. The Morgan fingerprint density at radius 2 is 1.72 bits per heavy atom. The van der Waals surface area contributed by atoms with Crippen molar-refractivity contribution in [3.8, 4) is 17.2 Å². The molecule has 0 atom stereocenters. The van der Waals surface area contributed by atoms with Crippen LogP contribution in [0.25, 0.3) is 6.08 Å². The lowest BCUT2D eigenvalue weighted by Gasteiger charge is -2.55. The van der Waals surface area contributed by atoms with Gasteiger partial charge in [-0.15, -0.1) is 0 Å². The number of anilines is 1. The van der Waals surface area contributed by atoms with Crippen molar-refractivity contribution >= 4 is 57.8 Å². The van der Waals surface area contributed by atoms with Crippen molar-refractivity contribution in [1.82, 2.24) is 10.4 Å². The van der Waals surface area contributed by atoms with Crippen LogP contribution in [0.2, 0.25) is 0 Å². The molecule has 0 spiro atoms. The van der Waals surface area contributed by atoms with E-state index in [1.807, 2.05) is 19.1 Å². The molecule has 1 heterocycles. The minimum Gasteiger partial charge on any atom is -0.493 e. The van der Waals surface area contributed by atoms with Crippen LogP contribution in [0.1, 0.15) is 51.0 Å². The van der Waals surface area contributed by atoms with Crippen molar-refractivity contribution in [3.05, 3.63) is 52.9 Å². The van der Waals surface area contributed by atoms with Crippen LogP contribution in [0, 0.1) is 23.2 Å². The fraction of sp³-hybridized carbons (Fsp3) is 0.438. The lowest BCUT2D eigenvalue weighted by Crippen LogP contribution is -2.57. The number of methoxy groups -OCH3 is 1. The quantitative estimate of drug-likeness (QED) is 0.263. The van der Waals surface area contributed by atoms with Gasteiger partial charge in [0.15, 0.2) is 22.4 Å². The van der Waals surface area contributed by atoms with Crippen molar-refractivity contribution in [2.45, 2.75) is 45.4 Å². The number of benzene rings is 2. The van der Waals surface area contributed by atoms with Gasteiger partial charge in [-0.2, -0.15) is 5.01 Å². The highest BCUT2D eigenvalue weighted by molar-refractivity contribution is 8.26. The Morgan fingerprint density at radius 1 is 1.02 bits per heavy atom. The van der Waals surface area contributed by atoms with E-state index in [1.165, 1.54) is 31.4 Å². The number of para-hydroxylation sites is 2. The second-order valence-corrected chi connectivity index (χ2v) is 13.5. The van der Waals surface area contributed by atoms with E-state index in [0.717, 1.165) is 31.0 Å². The van der Waals surface area contributed by atoms with E-state index in [1.54, 1.807) is 36.4 Å². The zero-order chi connectivity index (χ0) is 30.1. The first-order chi connectivity index (χ1) is 20.8. The molecular weight excluding hydrogens is 587 g/mol. The van der Waals surface area contributed by atoms with Crippen LogP contribution >= 0.6 is 24.0 Å². The molecule has 9 nitrogen and oxygen atoms in total. The van der Waals surface area contributed by atoms with E-state index in [0.29, 0.717) is 62.1 Å². The minimum absolute atomic E-state index is 0.0715. The molecule has 5 aliphatic rings. The number of nitrogens with one attached hydrogen (secondary N) is 2. The number of ether oxygens (including phenoxy) is 3. The Balaban J connectivity index is 1.09. The number of nitrogens with zero attached hydrogens (tertiary/aromatic N) is 1. The third kappa shape index (κ3) is 6.10. The predicted octanol–water partition coefficient (Wildman–Crippen LogP) is 5.56. The first kappa shape index (κ1) is 29.5. The van der Waals surface area contributed by atoms with Gasteiger partial charge < -0.3 is 19.5 Å². The molecule has 5 fully saturated rings. The van der Waals surface area contributed by atoms with Gasteiger partial charge >= 0.3 is 0 Å². The second-order valence-electron chi connectivity index (χ2n) is 11.8. The van der Waals surface area contributed by atoms with Crippen molar-refractivity contribution < 1.29 is 28.6 Å². The topological polar surface area (TPSA) is 106 Å². The van der Waals surface area contributed by atoms with Crippen LogP contribution in [0.4, 0.5) is 5.69 Å². The molecule has 0 aromatic heterocycles. The fourth-order valence-electron chi connectivity index (χ4n) is 7.40. The normalized spacial score (nSPS) is 26.5. The van der Waals surface area contributed by atoms with Gasteiger partial charge in [0.2, 0.25) is 5.91 Å². The van der Waals surface area contributed by atoms with Crippen LogP contribution in [0.5, 0.6) is 17.2 Å². The third-order valence-electron chi connectivity index (χ3n) is 8.83. The molecular formula is C32H35N3O6S2. The van der Waals surface area contributed by atoms with E-state index in [9.17, 15) is 14.4 Å². The number of thioether (sulfide) groups is 1. The van der Waals surface area contributed by atoms with E-state index in [-0.39, 0.29) is 29.7 Å². The predicted molar refractivity (Wildman–Crippen MR) is 168 cm³/mol. The summed E-state index contributed by atoms with van der Waals surface area (Å²) < 4.78 is 17.1. The molecule has 4 saturated carbocycles.